The number of amides is 2. The first-order valence-electron chi connectivity index (χ1n) is 11.3. The molecule has 4 aromatic rings. The molecule has 0 heterocycles. The first-order chi connectivity index (χ1) is 18.4. The maximum Gasteiger partial charge on any atom is 0.343 e. The van der Waals surface area contributed by atoms with Gasteiger partial charge in [0.1, 0.15) is 11.5 Å². The highest BCUT2D eigenvalue weighted by Gasteiger charge is 2.14. The number of hydrogen-bond acceptors (Lipinski definition) is 6. The van der Waals surface area contributed by atoms with Crippen molar-refractivity contribution in [3.8, 4) is 11.5 Å². The van der Waals surface area contributed by atoms with Crippen molar-refractivity contribution in [2.45, 2.75) is 0 Å². The Morgan fingerprint density at radius 3 is 2.37 bits per heavy atom. The maximum atomic E-state index is 12.8. The zero-order chi connectivity index (χ0) is 27.1. The molecular formula is C28H21Cl2N3O5. The van der Waals surface area contributed by atoms with Crippen LogP contribution in [0.4, 0.5) is 0 Å². The van der Waals surface area contributed by atoms with Gasteiger partial charge in [-0.1, -0.05) is 53.5 Å². The fraction of sp³-hybridized carbons (Fsp3) is 0.0714. The van der Waals surface area contributed by atoms with Crippen LogP contribution in [0.5, 0.6) is 11.5 Å². The van der Waals surface area contributed by atoms with Crippen LogP contribution in [-0.2, 0) is 4.79 Å². The van der Waals surface area contributed by atoms with E-state index in [0.29, 0.717) is 21.9 Å². The molecule has 0 saturated carbocycles. The normalized spacial score (nSPS) is 10.8. The molecule has 38 heavy (non-hydrogen) atoms. The van der Waals surface area contributed by atoms with E-state index in [1.807, 2.05) is 30.3 Å². The number of hydrogen-bond donors (Lipinski definition) is 2. The summed E-state index contributed by atoms with van der Waals surface area (Å²) in [6.45, 7) is -0.328. The van der Waals surface area contributed by atoms with Gasteiger partial charge in [0.05, 0.1) is 35.5 Å². The van der Waals surface area contributed by atoms with Crippen molar-refractivity contribution in [3.63, 3.8) is 0 Å². The molecule has 0 fully saturated rings. The lowest BCUT2D eigenvalue weighted by molar-refractivity contribution is -0.120. The lowest BCUT2D eigenvalue weighted by Gasteiger charge is -2.11. The molecule has 192 valence electrons. The van der Waals surface area contributed by atoms with Crippen LogP contribution in [0.1, 0.15) is 26.3 Å². The maximum absolute atomic E-state index is 12.8. The molecule has 4 aromatic carbocycles. The van der Waals surface area contributed by atoms with E-state index in [4.69, 9.17) is 32.7 Å². The Hall–Kier alpha value is -4.40. The van der Waals surface area contributed by atoms with Crippen LogP contribution < -0.4 is 20.2 Å². The molecule has 0 radical (unpaired) electrons. The van der Waals surface area contributed by atoms with Gasteiger partial charge in [-0.25, -0.2) is 10.2 Å². The Bertz CT molecular complexity index is 1540. The molecular weight excluding hydrogens is 529 g/mol. The lowest BCUT2D eigenvalue weighted by Crippen LogP contribution is -2.34. The number of carbonyl (C=O) groups is 3. The number of halogens is 2. The van der Waals surface area contributed by atoms with E-state index in [1.165, 1.54) is 31.5 Å². The number of fused-ring (bicyclic) bond motifs is 1. The van der Waals surface area contributed by atoms with Gasteiger partial charge in [0.15, 0.2) is 0 Å². The average molecular weight is 550 g/mol. The van der Waals surface area contributed by atoms with Crippen LogP contribution in [0.25, 0.3) is 10.8 Å². The number of nitrogens with zero attached hydrogens (tertiary/aromatic N) is 1. The van der Waals surface area contributed by atoms with Gasteiger partial charge in [-0.3, -0.25) is 9.59 Å². The van der Waals surface area contributed by atoms with Crippen molar-refractivity contribution in [2.24, 2.45) is 5.10 Å². The summed E-state index contributed by atoms with van der Waals surface area (Å²) in [5, 5.41) is 8.69. The third kappa shape index (κ3) is 6.47. The van der Waals surface area contributed by atoms with Gasteiger partial charge in [0.2, 0.25) is 0 Å². The Kier molecular flexibility index (Phi) is 8.58. The third-order valence-electron chi connectivity index (χ3n) is 5.43. The second kappa shape index (κ2) is 12.2. The molecule has 0 atom stereocenters. The van der Waals surface area contributed by atoms with Gasteiger partial charge >= 0.3 is 5.97 Å². The second-order valence-corrected chi connectivity index (χ2v) is 8.74. The van der Waals surface area contributed by atoms with E-state index in [1.54, 1.807) is 30.3 Å². The number of ether oxygens (including phenoxy) is 2. The molecule has 0 bridgehead atoms. The Balaban J connectivity index is 1.46. The van der Waals surface area contributed by atoms with E-state index in [2.05, 4.69) is 15.8 Å². The van der Waals surface area contributed by atoms with Crippen LogP contribution in [0.15, 0.2) is 84.0 Å². The van der Waals surface area contributed by atoms with Crippen molar-refractivity contribution < 1.29 is 23.9 Å². The number of esters is 1. The monoisotopic (exact) mass is 549 g/mol. The predicted octanol–water partition coefficient (Wildman–Crippen LogP) is 5.25. The highest BCUT2D eigenvalue weighted by molar-refractivity contribution is 6.42. The standard InChI is InChI=1S/C28H21Cl2N3O5/c1-37-20-10-6-18(7-11-20)28(36)38-25-13-9-17-4-2-3-5-21(17)22(25)15-32-33-26(34)16-31-27(35)19-8-12-23(29)24(30)14-19/h2-15H,16H2,1H3,(H,31,35)(H,33,34). The molecule has 0 aliphatic carbocycles. The number of nitrogens with one attached hydrogen (secondary N) is 2. The van der Waals surface area contributed by atoms with Crippen LogP contribution in [0.3, 0.4) is 0 Å². The smallest absolute Gasteiger partial charge is 0.343 e. The summed E-state index contributed by atoms with van der Waals surface area (Å²) in [7, 11) is 1.54. The second-order valence-electron chi connectivity index (χ2n) is 7.92. The highest BCUT2D eigenvalue weighted by Crippen LogP contribution is 2.28. The van der Waals surface area contributed by atoms with Crippen LogP contribution >= 0.6 is 23.2 Å². The minimum atomic E-state index is -0.563. The Morgan fingerprint density at radius 1 is 0.895 bits per heavy atom. The molecule has 10 heteroatoms. The van der Waals surface area contributed by atoms with Crippen molar-refractivity contribution in [1.29, 1.82) is 0 Å². The zero-order valence-corrected chi connectivity index (χ0v) is 21.5. The molecule has 0 aromatic heterocycles. The summed E-state index contributed by atoms with van der Waals surface area (Å²) in [5.41, 5.74) is 3.45. The molecule has 2 N–H and O–H groups in total. The van der Waals surface area contributed by atoms with Gasteiger partial charge < -0.3 is 14.8 Å². The van der Waals surface area contributed by atoms with E-state index in [-0.39, 0.29) is 22.9 Å². The van der Waals surface area contributed by atoms with Gasteiger partial charge in [0.25, 0.3) is 11.8 Å². The molecule has 2 amide bonds. The molecule has 0 unspecified atom stereocenters. The Morgan fingerprint density at radius 2 is 1.63 bits per heavy atom. The number of benzene rings is 4. The number of hydrazone groups is 1. The van der Waals surface area contributed by atoms with Crippen molar-refractivity contribution in [2.75, 3.05) is 13.7 Å². The summed E-state index contributed by atoms with van der Waals surface area (Å²) in [5.74, 6) is -0.748. The number of methoxy groups -OCH3 is 1. The van der Waals surface area contributed by atoms with Gasteiger partial charge in [-0.15, -0.1) is 0 Å². The number of carbonyl (C=O) groups excluding carboxylic acids is 3. The fourth-order valence-electron chi connectivity index (χ4n) is 3.49. The zero-order valence-electron chi connectivity index (χ0n) is 20.0. The van der Waals surface area contributed by atoms with Crippen LogP contribution in [0.2, 0.25) is 10.0 Å². The molecule has 0 spiro atoms. The fourth-order valence-corrected chi connectivity index (χ4v) is 3.79. The van der Waals surface area contributed by atoms with Crippen molar-refractivity contribution in [3.05, 3.63) is 106 Å². The third-order valence-corrected chi connectivity index (χ3v) is 6.17. The topological polar surface area (TPSA) is 106 Å². The molecule has 0 saturated heterocycles. The summed E-state index contributed by atoms with van der Waals surface area (Å²) in [6, 6.07) is 21.9. The predicted molar refractivity (Wildman–Crippen MR) is 146 cm³/mol. The van der Waals surface area contributed by atoms with Gasteiger partial charge in [0, 0.05) is 11.1 Å². The van der Waals surface area contributed by atoms with E-state index >= 15 is 0 Å². The molecule has 8 nitrogen and oxygen atoms in total. The van der Waals surface area contributed by atoms with Crippen LogP contribution in [0, 0.1) is 0 Å². The first-order valence-corrected chi connectivity index (χ1v) is 12.0. The summed E-state index contributed by atoms with van der Waals surface area (Å²) < 4.78 is 10.8. The molecule has 4 rings (SSSR count). The minimum Gasteiger partial charge on any atom is -0.497 e. The first kappa shape index (κ1) is 26.7. The number of rotatable bonds is 8. The largest absolute Gasteiger partial charge is 0.497 e. The molecule has 0 aliphatic rings. The highest BCUT2D eigenvalue weighted by atomic mass is 35.5. The Labute approximate surface area is 228 Å². The molecule has 0 aliphatic heterocycles. The van der Waals surface area contributed by atoms with Gasteiger partial charge in [-0.2, -0.15) is 5.10 Å². The van der Waals surface area contributed by atoms with E-state index < -0.39 is 17.8 Å². The summed E-state index contributed by atoms with van der Waals surface area (Å²) in [6.07, 6.45) is 1.39. The van der Waals surface area contributed by atoms with Crippen molar-refractivity contribution >= 4 is 58.0 Å². The van der Waals surface area contributed by atoms with Crippen LogP contribution in [-0.4, -0.2) is 37.7 Å². The SMILES string of the molecule is COc1ccc(C(=O)Oc2ccc3ccccc3c2C=NNC(=O)CNC(=O)c2ccc(Cl)c(Cl)c2)cc1. The summed E-state index contributed by atoms with van der Waals surface area (Å²) >= 11 is 11.8. The van der Waals surface area contributed by atoms with E-state index in [9.17, 15) is 14.4 Å². The quantitative estimate of drug-likeness (QED) is 0.135. The van der Waals surface area contributed by atoms with E-state index in [0.717, 1.165) is 10.8 Å². The average Bonchev–Trinajstić information content (AvgIpc) is 2.94. The summed E-state index contributed by atoms with van der Waals surface area (Å²) in [4.78, 5) is 37.3. The minimum absolute atomic E-state index is 0.229. The van der Waals surface area contributed by atoms with Crippen molar-refractivity contribution in [1.82, 2.24) is 10.7 Å². The lowest BCUT2D eigenvalue weighted by atomic mass is 10.0. The van der Waals surface area contributed by atoms with Gasteiger partial charge in [-0.05, 0) is 59.3 Å².